The topological polar surface area (TPSA) is 66.0 Å². The smallest absolute Gasteiger partial charge is 0.168 e. The summed E-state index contributed by atoms with van der Waals surface area (Å²) in [7, 11) is 3.05. The molecule has 1 aromatic rings. The van der Waals surface area contributed by atoms with Gasteiger partial charge in [-0.05, 0) is 24.0 Å². The third-order valence-corrected chi connectivity index (χ3v) is 2.76. The van der Waals surface area contributed by atoms with Gasteiger partial charge < -0.3 is 9.47 Å². The lowest BCUT2D eigenvalue weighted by molar-refractivity contribution is 0.139. The van der Waals surface area contributed by atoms with Crippen LogP contribution in [-0.2, 0) is 15.9 Å². The molecule has 0 bridgehead atoms. The Kier molecular flexibility index (Phi) is 5.87. The van der Waals surface area contributed by atoms with Gasteiger partial charge in [0.2, 0.25) is 0 Å². The van der Waals surface area contributed by atoms with Crippen LogP contribution in [0.5, 0.6) is 0 Å². The van der Waals surface area contributed by atoms with E-state index in [1.807, 2.05) is 24.3 Å². The van der Waals surface area contributed by atoms with Gasteiger partial charge in [0, 0.05) is 14.2 Å². The Hall–Kier alpha value is -1.88. The predicted octanol–water partition coefficient (Wildman–Crippen LogP) is 2.37. The van der Waals surface area contributed by atoms with Crippen molar-refractivity contribution in [1.82, 2.24) is 0 Å². The summed E-state index contributed by atoms with van der Waals surface area (Å²) in [5.74, 6) is 0. The van der Waals surface area contributed by atoms with E-state index < -0.39 is 6.10 Å². The number of ether oxygens (including phenoxy) is 2. The Balaban J connectivity index is 2.61. The van der Waals surface area contributed by atoms with Crippen LogP contribution in [0.25, 0.3) is 0 Å². The summed E-state index contributed by atoms with van der Waals surface area (Å²) in [5.41, 5.74) is 1.95. The summed E-state index contributed by atoms with van der Waals surface area (Å²) < 4.78 is 10.0. The largest absolute Gasteiger partial charge is 0.367 e. The highest BCUT2D eigenvalue weighted by Gasteiger charge is 2.09. The van der Waals surface area contributed by atoms with E-state index in [0.29, 0.717) is 6.42 Å². The van der Waals surface area contributed by atoms with Gasteiger partial charge in [-0.2, -0.15) is 10.5 Å². The van der Waals surface area contributed by atoms with Gasteiger partial charge in [-0.25, -0.2) is 0 Å². The predicted molar refractivity (Wildman–Crippen MR) is 66.5 cm³/mol. The van der Waals surface area contributed by atoms with Gasteiger partial charge in [-0.15, -0.1) is 0 Å². The average Bonchev–Trinajstić information content (AvgIpc) is 2.43. The molecule has 0 saturated heterocycles. The van der Waals surface area contributed by atoms with Gasteiger partial charge in [-0.3, -0.25) is 0 Å². The number of aryl methyl sites for hydroxylation is 1. The molecule has 0 saturated carbocycles. The van der Waals surface area contributed by atoms with E-state index in [-0.39, 0.29) is 6.10 Å². The third-order valence-electron chi connectivity index (χ3n) is 2.76. The van der Waals surface area contributed by atoms with Crippen LogP contribution >= 0.6 is 0 Å². The molecule has 0 heterocycles. The van der Waals surface area contributed by atoms with E-state index in [0.717, 1.165) is 17.5 Å². The number of hydrogen-bond acceptors (Lipinski definition) is 4. The zero-order valence-electron chi connectivity index (χ0n) is 10.6. The van der Waals surface area contributed by atoms with Crippen LogP contribution in [-0.4, -0.2) is 20.3 Å². The van der Waals surface area contributed by atoms with Crippen molar-refractivity contribution in [2.75, 3.05) is 14.2 Å². The van der Waals surface area contributed by atoms with Gasteiger partial charge in [-0.1, -0.05) is 24.3 Å². The lowest BCUT2D eigenvalue weighted by Gasteiger charge is -2.09. The van der Waals surface area contributed by atoms with Crippen LogP contribution in [0, 0.1) is 22.7 Å². The molecular formula is C14H16N2O2. The second-order valence-corrected chi connectivity index (χ2v) is 3.88. The third kappa shape index (κ3) is 3.85. The highest BCUT2D eigenvalue weighted by molar-refractivity contribution is 5.27. The van der Waals surface area contributed by atoms with Crippen molar-refractivity contribution in [3.63, 3.8) is 0 Å². The van der Waals surface area contributed by atoms with Crippen molar-refractivity contribution in [2.45, 2.75) is 25.0 Å². The number of nitrogens with zero attached hydrogens (tertiary/aromatic N) is 2. The molecule has 2 atom stereocenters. The molecule has 4 heteroatoms. The number of rotatable bonds is 6. The first-order valence-electron chi connectivity index (χ1n) is 5.68. The van der Waals surface area contributed by atoms with Crippen molar-refractivity contribution < 1.29 is 9.47 Å². The Labute approximate surface area is 107 Å². The maximum absolute atomic E-state index is 8.86. The lowest BCUT2D eigenvalue weighted by atomic mass is 10.0. The van der Waals surface area contributed by atoms with Crippen molar-refractivity contribution in [1.29, 1.82) is 10.5 Å². The van der Waals surface area contributed by atoms with Crippen LogP contribution in [0.4, 0.5) is 0 Å². The molecule has 0 radical (unpaired) electrons. The van der Waals surface area contributed by atoms with Crippen LogP contribution < -0.4 is 0 Å². The first-order valence-corrected chi connectivity index (χ1v) is 5.68. The molecule has 18 heavy (non-hydrogen) atoms. The number of methoxy groups -OCH3 is 2. The van der Waals surface area contributed by atoms with Crippen molar-refractivity contribution in [3.05, 3.63) is 35.4 Å². The molecule has 0 amide bonds. The number of nitriles is 2. The Morgan fingerprint density at radius 1 is 1.06 bits per heavy atom. The van der Waals surface area contributed by atoms with Crippen LogP contribution in [0.1, 0.15) is 23.7 Å². The minimum Gasteiger partial charge on any atom is -0.367 e. The second-order valence-electron chi connectivity index (χ2n) is 3.88. The zero-order chi connectivity index (χ0) is 13.4. The molecule has 0 aliphatic rings. The van der Waals surface area contributed by atoms with Gasteiger partial charge in [0.05, 0.1) is 12.1 Å². The molecule has 0 aliphatic heterocycles. The van der Waals surface area contributed by atoms with Crippen LogP contribution in [0.3, 0.4) is 0 Å². The molecule has 4 nitrogen and oxygen atoms in total. The van der Waals surface area contributed by atoms with Gasteiger partial charge in [0.15, 0.2) is 6.10 Å². The summed E-state index contributed by atoms with van der Waals surface area (Å²) >= 11 is 0. The van der Waals surface area contributed by atoms with E-state index in [2.05, 4.69) is 12.1 Å². The minimum atomic E-state index is -0.523. The second kappa shape index (κ2) is 7.45. The molecule has 0 aliphatic carbocycles. The van der Waals surface area contributed by atoms with Gasteiger partial charge in [0.25, 0.3) is 0 Å². The maximum atomic E-state index is 8.86. The molecule has 2 unspecified atom stereocenters. The fraction of sp³-hybridized carbons (Fsp3) is 0.429. The van der Waals surface area contributed by atoms with Crippen LogP contribution in [0.2, 0.25) is 0 Å². The van der Waals surface area contributed by atoms with Crippen LogP contribution in [0.15, 0.2) is 24.3 Å². The van der Waals surface area contributed by atoms with Crippen molar-refractivity contribution in [3.8, 4) is 12.1 Å². The quantitative estimate of drug-likeness (QED) is 0.770. The molecule has 0 N–H and O–H groups in total. The van der Waals surface area contributed by atoms with E-state index in [1.165, 1.54) is 14.2 Å². The van der Waals surface area contributed by atoms with Gasteiger partial charge in [0.1, 0.15) is 6.10 Å². The Morgan fingerprint density at radius 3 is 2.17 bits per heavy atom. The highest BCUT2D eigenvalue weighted by atomic mass is 16.5. The zero-order valence-corrected chi connectivity index (χ0v) is 10.6. The standard InChI is InChI=1S/C14H16N2O2/c1-17-13(9-15)8-5-11-3-6-12(7-4-11)14(10-16)18-2/h3-4,6-7,13-14H,5,8H2,1-2H3. The first kappa shape index (κ1) is 14.2. The van der Waals surface area contributed by atoms with Crippen molar-refractivity contribution in [2.24, 2.45) is 0 Å². The highest BCUT2D eigenvalue weighted by Crippen LogP contribution is 2.17. The summed E-state index contributed by atoms with van der Waals surface area (Å²) in [6.07, 6.45) is 0.551. The van der Waals surface area contributed by atoms with Gasteiger partial charge >= 0.3 is 0 Å². The van der Waals surface area contributed by atoms with E-state index in [4.69, 9.17) is 20.0 Å². The summed E-state index contributed by atoms with van der Waals surface area (Å²) in [5, 5.41) is 17.6. The number of benzene rings is 1. The normalized spacial score (nSPS) is 13.3. The molecule has 1 aromatic carbocycles. The minimum absolute atomic E-state index is 0.365. The van der Waals surface area contributed by atoms with E-state index in [9.17, 15) is 0 Å². The van der Waals surface area contributed by atoms with E-state index in [1.54, 1.807) is 0 Å². The summed E-state index contributed by atoms with van der Waals surface area (Å²) in [4.78, 5) is 0. The molecule has 1 rings (SSSR count). The summed E-state index contributed by atoms with van der Waals surface area (Å²) in [6.45, 7) is 0. The first-order chi connectivity index (χ1) is 8.74. The average molecular weight is 244 g/mol. The number of hydrogen-bond donors (Lipinski definition) is 0. The molecule has 0 aromatic heterocycles. The Bertz CT molecular complexity index is 442. The monoisotopic (exact) mass is 244 g/mol. The SMILES string of the molecule is COC(C#N)CCc1ccc(C(C#N)OC)cc1. The molecule has 0 fully saturated rings. The fourth-order valence-electron chi connectivity index (χ4n) is 1.66. The molecule has 0 spiro atoms. The maximum Gasteiger partial charge on any atom is 0.168 e. The van der Waals surface area contributed by atoms with Crippen molar-refractivity contribution >= 4 is 0 Å². The van der Waals surface area contributed by atoms with E-state index >= 15 is 0 Å². The lowest BCUT2D eigenvalue weighted by Crippen LogP contribution is -2.08. The summed E-state index contributed by atoms with van der Waals surface area (Å²) in [6, 6.07) is 11.8. The Morgan fingerprint density at radius 2 is 1.72 bits per heavy atom. The fourth-order valence-corrected chi connectivity index (χ4v) is 1.66. The molecular weight excluding hydrogens is 228 g/mol. The molecule has 94 valence electrons.